The van der Waals surface area contributed by atoms with E-state index in [2.05, 4.69) is 101 Å². The van der Waals surface area contributed by atoms with Crippen molar-refractivity contribution in [1.29, 1.82) is 0 Å². The van der Waals surface area contributed by atoms with Gasteiger partial charge in [-0.1, -0.05) is 100 Å². The Balaban J connectivity index is 1.89. The van der Waals surface area contributed by atoms with Gasteiger partial charge in [-0.15, -0.1) is 0 Å². The molecule has 1 unspecified atom stereocenters. The first-order chi connectivity index (χ1) is 13.1. The summed E-state index contributed by atoms with van der Waals surface area (Å²) in [5.74, 6) is 0.380. The van der Waals surface area contributed by atoms with Gasteiger partial charge in [0.2, 0.25) is 0 Å². The van der Waals surface area contributed by atoms with Crippen LogP contribution in [0.25, 0.3) is 11.3 Å². The molecule has 0 saturated carbocycles. The minimum atomic E-state index is -1.35. The number of hydrogen-bond acceptors (Lipinski definition) is 1. The summed E-state index contributed by atoms with van der Waals surface area (Å²) in [4.78, 5) is 4.87. The molecule has 1 nitrogen and oxygen atoms in total. The van der Waals surface area contributed by atoms with E-state index in [1.54, 1.807) is 0 Å². The molecule has 3 rings (SSSR count). The molecule has 0 aliphatic rings. The fourth-order valence-electron chi connectivity index (χ4n) is 4.14. The van der Waals surface area contributed by atoms with Crippen molar-refractivity contribution in [3.8, 4) is 11.3 Å². The third kappa shape index (κ3) is 4.06. The Morgan fingerprint density at radius 2 is 1.44 bits per heavy atom. The molecule has 0 radical (unpaired) electrons. The molecule has 2 aromatic carbocycles. The van der Waals surface area contributed by atoms with Crippen molar-refractivity contribution >= 4 is 13.3 Å². The van der Waals surface area contributed by atoms with Gasteiger partial charge in [0.25, 0.3) is 0 Å². The fraction of sp³-hybridized carbons (Fsp3) is 0.320. The summed E-state index contributed by atoms with van der Waals surface area (Å²) in [7, 11) is -1.35. The lowest BCUT2D eigenvalue weighted by Gasteiger charge is -2.28. The van der Waals surface area contributed by atoms with Gasteiger partial charge in [-0.3, -0.25) is 4.98 Å². The lowest BCUT2D eigenvalue weighted by Crippen LogP contribution is -2.45. The van der Waals surface area contributed by atoms with E-state index in [4.69, 9.17) is 4.98 Å². The van der Waals surface area contributed by atoms with Gasteiger partial charge in [-0.25, -0.2) is 0 Å². The molecule has 0 bridgehead atoms. The molecule has 1 aromatic heterocycles. The lowest BCUT2D eigenvalue weighted by atomic mass is 9.92. The molecule has 140 valence electrons. The van der Waals surface area contributed by atoms with E-state index >= 15 is 0 Å². The second kappa shape index (κ2) is 8.66. The van der Waals surface area contributed by atoms with Crippen LogP contribution in [0.15, 0.2) is 72.9 Å². The third-order valence-corrected chi connectivity index (χ3v) is 12.0. The van der Waals surface area contributed by atoms with Crippen LogP contribution in [0.2, 0.25) is 18.1 Å². The average Bonchev–Trinajstić information content (AvgIpc) is 2.76. The monoisotopic (exact) mass is 373 g/mol. The van der Waals surface area contributed by atoms with Crippen molar-refractivity contribution in [3.05, 3.63) is 84.1 Å². The first kappa shape index (κ1) is 19.6. The van der Waals surface area contributed by atoms with Gasteiger partial charge in [-0.2, -0.15) is 0 Å². The quantitative estimate of drug-likeness (QED) is 0.424. The second-order valence-corrected chi connectivity index (χ2v) is 12.8. The van der Waals surface area contributed by atoms with Gasteiger partial charge >= 0.3 is 0 Å². The Morgan fingerprint density at radius 1 is 0.778 bits per heavy atom. The molecule has 0 saturated heterocycles. The summed E-state index contributed by atoms with van der Waals surface area (Å²) in [6, 6.07) is 28.0. The Bertz CT molecular complexity index is 843. The molecule has 0 amide bonds. The van der Waals surface area contributed by atoms with Gasteiger partial charge in [0, 0.05) is 17.7 Å². The Morgan fingerprint density at radius 3 is 2.04 bits per heavy atom. The zero-order valence-electron chi connectivity index (χ0n) is 17.1. The predicted octanol–water partition coefficient (Wildman–Crippen LogP) is 6.62. The smallest absolute Gasteiger partial charge is 0.0879 e. The van der Waals surface area contributed by atoms with Crippen molar-refractivity contribution in [3.63, 3.8) is 0 Å². The van der Waals surface area contributed by atoms with Crippen LogP contribution in [0.1, 0.15) is 44.7 Å². The van der Waals surface area contributed by atoms with Gasteiger partial charge in [0.05, 0.1) is 13.8 Å². The van der Waals surface area contributed by atoms with E-state index in [0.29, 0.717) is 5.92 Å². The van der Waals surface area contributed by atoms with Crippen LogP contribution in [0, 0.1) is 0 Å². The third-order valence-electron chi connectivity index (χ3n) is 6.39. The van der Waals surface area contributed by atoms with Crippen LogP contribution < -0.4 is 5.19 Å². The highest BCUT2D eigenvalue weighted by Crippen LogP contribution is 2.28. The largest absolute Gasteiger partial charge is 0.256 e. The molecule has 0 aliphatic heterocycles. The van der Waals surface area contributed by atoms with Crippen LogP contribution >= 0.6 is 0 Å². The molecule has 0 aliphatic carbocycles. The maximum Gasteiger partial charge on any atom is 0.0879 e. The van der Waals surface area contributed by atoms with Gasteiger partial charge < -0.3 is 0 Å². The normalized spacial score (nSPS) is 12.7. The number of nitrogens with zero attached hydrogens (tertiary/aromatic N) is 1. The van der Waals surface area contributed by atoms with Gasteiger partial charge in [-0.05, 0) is 28.4 Å². The maximum atomic E-state index is 4.87. The summed E-state index contributed by atoms with van der Waals surface area (Å²) in [6.45, 7) is 9.32. The van der Waals surface area contributed by atoms with Gasteiger partial charge in [0.15, 0.2) is 0 Å². The van der Waals surface area contributed by atoms with E-state index < -0.39 is 8.07 Å². The highest BCUT2D eigenvalue weighted by atomic mass is 28.3. The van der Waals surface area contributed by atoms with Crippen LogP contribution in [-0.4, -0.2) is 13.1 Å². The molecule has 1 atom stereocenters. The minimum absolute atomic E-state index is 0.380. The Kier molecular flexibility index (Phi) is 6.28. The van der Waals surface area contributed by atoms with E-state index in [1.807, 2.05) is 0 Å². The van der Waals surface area contributed by atoms with Crippen LogP contribution in [0.5, 0.6) is 0 Å². The van der Waals surface area contributed by atoms with Crippen molar-refractivity contribution in [2.45, 2.75) is 51.7 Å². The summed E-state index contributed by atoms with van der Waals surface area (Å²) in [5, 5.41) is 1.51. The minimum Gasteiger partial charge on any atom is -0.256 e. The zero-order valence-corrected chi connectivity index (χ0v) is 18.1. The molecular formula is C25H31NSi. The Hall–Kier alpha value is -2.19. The van der Waals surface area contributed by atoms with Crippen molar-refractivity contribution in [2.24, 2.45) is 0 Å². The predicted molar refractivity (Wildman–Crippen MR) is 120 cm³/mol. The summed E-state index contributed by atoms with van der Waals surface area (Å²) < 4.78 is 0. The topological polar surface area (TPSA) is 12.9 Å². The number of pyridine rings is 1. The summed E-state index contributed by atoms with van der Waals surface area (Å²) >= 11 is 0. The molecule has 3 aromatic rings. The second-order valence-electron chi connectivity index (χ2n) is 7.53. The van der Waals surface area contributed by atoms with Crippen molar-refractivity contribution in [1.82, 2.24) is 4.98 Å². The van der Waals surface area contributed by atoms with Crippen LogP contribution in [0.3, 0.4) is 0 Å². The molecule has 27 heavy (non-hydrogen) atoms. The summed E-state index contributed by atoms with van der Waals surface area (Å²) in [6.07, 6.45) is 2.16. The fourth-order valence-corrected chi connectivity index (χ4v) is 7.64. The van der Waals surface area contributed by atoms with E-state index in [-0.39, 0.29) is 0 Å². The summed E-state index contributed by atoms with van der Waals surface area (Å²) in [5.41, 5.74) is 4.97. The standard InChI is InChI=1S/C25H31NSi/c1-5-27(6-2,7-3)24-16-17-25(26-19-24)23-15-11-14-22(18-23)20(4)21-12-9-8-10-13-21/h8-20H,5-7H2,1-4H3. The SMILES string of the molecule is CC[Si](CC)(CC)c1ccc(-c2cccc(C(C)c3ccccc3)c2)nc1. The highest BCUT2D eigenvalue weighted by molar-refractivity contribution is 6.91. The molecule has 2 heteroatoms. The molecule has 0 N–H and O–H groups in total. The highest BCUT2D eigenvalue weighted by Gasteiger charge is 2.29. The molecule has 0 spiro atoms. The molecule has 1 heterocycles. The zero-order chi connectivity index (χ0) is 19.3. The van der Waals surface area contributed by atoms with E-state index in [0.717, 1.165) is 5.69 Å². The number of hydrogen-bond donors (Lipinski definition) is 0. The first-order valence-electron chi connectivity index (χ1n) is 10.2. The first-order valence-corrected chi connectivity index (χ1v) is 12.9. The number of rotatable bonds is 7. The molecular weight excluding hydrogens is 342 g/mol. The van der Waals surface area contributed by atoms with Gasteiger partial charge in [0.1, 0.15) is 0 Å². The lowest BCUT2D eigenvalue weighted by molar-refractivity contribution is 0.923. The van der Waals surface area contributed by atoms with Crippen molar-refractivity contribution in [2.75, 3.05) is 0 Å². The number of aromatic nitrogens is 1. The number of benzene rings is 2. The maximum absolute atomic E-state index is 4.87. The van der Waals surface area contributed by atoms with Crippen molar-refractivity contribution < 1.29 is 0 Å². The average molecular weight is 374 g/mol. The molecule has 0 fully saturated rings. The van der Waals surface area contributed by atoms with Crippen LogP contribution in [-0.2, 0) is 0 Å². The Labute approximate surface area is 165 Å². The van der Waals surface area contributed by atoms with E-state index in [1.165, 1.54) is 40.0 Å². The van der Waals surface area contributed by atoms with Crippen LogP contribution in [0.4, 0.5) is 0 Å². The van der Waals surface area contributed by atoms with E-state index in [9.17, 15) is 0 Å².